The van der Waals surface area contributed by atoms with Crippen molar-refractivity contribution in [1.29, 1.82) is 0 Å². The van der Waals surface area contributed by atoms with Gasteiger partial charge in [0.25, 0.3) is 0 Å². The van der Waals surface area contributed by atoms with Crippen LogP contribution in [0.4, 0.5) is 0 Å². The number of benzene rings is 2. The Morgan fingerprint density at radius 3 is 2.67 bits per heavy atom. The van der Waals surface area contributed by atoms with E-state index in [1.54, 1.807) is 0 Å². The molecule has 1 N–H and O–H groups in total. The van der Waals surface area contributed by atoms with E-state index in [-0.39, 0.29) is 0 Å². The standard InChI is InChI=1S/C20H27N/c1-16(2)15-21-13-7-8-17(3)14-19-11-6-10-18-9-4-5-12-20(18)19/h4-6,8-12,16,21H,7,13-15H2,1-3H3. The Balaban J connectivity index is 1.93. The number of hydrogen-bond donors (Lipinski definition) is 1. The molecule has 112 valence electrons. The largest absolute Gasteiger partial charge is 0.316 e. The van der Waals surface area contributed by atoms with Crippen LogP contribution >= 0.6 is 0 Å². The van der Waals surface area contributed by atoms with Gasteiger partial charge in [0.1, 0.15) is 0 Å². The first-order valence-electron chi connectivity index (χ1n) is 8.00. The minimum Gasteiger partial charge on any atom is -0.316 e. The zero-order valence-electron chi connectivity index (χ0n) is 13.5. The summed E-state index contributed by atoms with van der Waals surface area (Å²) < 4.78 is 0. The molecule has 1 heteroatoms. The minimum absolute atomic E-state index is 0.728. The van der Waals surface area contributed by atoms with Crippen molar-refractivity contribution >= 4 is 10.8 Å². The van der Waals surface area contributed by atoms with Gasteiger partial charge in [-0.05, 0) is 55.1 Å². The van der Waals surface area contributed by atoms with Crippen molar-refractivity contribution < 1.29 is 0 Å². The van der Waals surface area contributed by atoms with Crippen LogP contribution in [0.15, 0.2) is 54.1 Å². The van der Waals surface area contributed by atoms with E-state index in [2.05, 4.69) is 74.6 Å². The Bertz CT molecular complexity index is 590. The number of nitrogens with one attached hydrogen (secondary N) is 1. The van der Waals surface area contributed by atoms with Crippen molar-refractivity contribution in [2.24, 2.45) is 5.92 Å². The molecule has 21 heavy (non-hydrogen) atoms. The second-order valence-corrected chi connectivity index (χ2v) is 6.25. The van der Waals surface area contributed by atoms with Crippen LogP contribution < -0.4 is 5.32 Å². The molecule has 2 rings (SSSR count). The van der Waals surface area contributed by atoms with E-state index in [0.29, 0.717) is 0 Å². The van der Waals surface area contributed by atoms with Crippen LogP contribution in [-0.2, 0) is 6.42 Å². The Hall–Kier alpha value is -1.60. The van der Waals surface area contributed by atoms with Crippen molar-refractivity contribution in [2.75, 3.05) is 13.1 Å². The van der Waals surface area contributed by atoms with Crippen LogP contribution in [0.1, 0.15) is 32.8 Å². The van der Waals surface area contributed by atoms with E-state index in [4.69, 9.17) is 0 Å². The first-order chi connectivity index (χ1) is 10.2. The van der Waals surface area contributed by atoms with Crippen LogP contribution in [0.2, 0.25) is 0 Å². The van der Waals surface area contributed by atoms with Crippen LogP contribution in [0.25, 0.3) is 10.8 Å². The second-order valence-electron chi connectivity index (χ2n) is 6.25. The molecule has 0 saturated heterocycles. The van der Waals surface area contributed by atoms with Gasteiger partial charge in [-0.1, -0.05) is 68.0 Å². The lowest BCUT2D eigenvalue weighted by atomic mass is 9.99. The van der Waals surface area contributed by atoms with Crippen molar-refractivity contribution in [3.8, 4) is 0 Å². The molecule has 2 aromatic carbocycles. The van der Waals surface area contributed by atoms with Crippen molar-refractivity contribution in [3.63, 3.8) is 0 Å². The van der Waals surface area contributed by atoms with Gasteiger partial charge in [-0.25, -0.2) is 0 Å². The highest BCUT2D eigenvalue weighted by molar-refractivity contribution is 5.85. The minimum atomic E-state index is 0.728. The Morgan fingerprint density at radius 1 is 1.10 bits per heavy atom. The molecule has 0 aliphatic rings. The lowest BCUT2D eigenvalue weighted by molar-refractivity contribution is 0.556. The molecule has 0 unspecified atom stereocenters. The fraction of sp³-hybridized carbons (Fsp3) is 0.400. The SMILES string of the molecule is CC(=CCCNCC(C)C)Cc1cccc2ccccc12. The maximum absolute atomic E-state index is 3.49. The lowest BCUT2D eigenvalue weighted by Crippen LogP contribution is -2.20. The summed E-state index contributed by atoms with van der Waals surface area (Å²) in [7, 11) is 0. The van der Waals surface area contributed by atoms with E-state index in [0.717, 1.165) is 31.8 Å². The third kappa shape index (κ3) is 5.02. The topological polar surface area (TPSA) is 12.0 Å². The summed E-state index contributed by atoms with van der Waals surface area (Å²) in [6, 6.07) is 15.2. The van der Waals surface area contributed by atoms with Crippen molar-refractivity contribution in [2.45, 2.75) is 33.6 Å². The molecule has 0 spiro atoms. The molecule has 0 aromatic heterocycles. The Morgan fingerprint density at radius 2 is 1.86 bits per heavy atom. The molecule has 0 amide bonds. The molecule has 0 fully saturated rings. The van der Waals surface area contributed by atoms with Gasteiger partial charge in [0, 0.05) is 0 Å². The summed E-state index contributed by atoms with van der Waals surface area (Å²) in [5.41, 5.74) is 2.88. The highest BCUT2D eigenvalue weighted by Crippen LogP contribution is 2.21. The number of fused-ring (bicyclic) bond motifs is 1. The van der Waals surface area contributed by atoms with E-state index >= 15 is 0 Å². The van der Waals surface area contributed by atoms with E-state index < -0.39 is 0 Å². The molecule has 0 aliphatic heterocycles. The van der Waals surface area contributed by atoms with Crippen LogP contribution in [-0.4, -0.2) is 13.1 Å². The van der Waals surface area contributed by atoms with Gasteiger partial charge in [0.05, 0.1) is 0 Å². The third-order valence-electron chi connectivity index (χ3n) is 3.72. The summed E-state index contributed by atoms with van der Waals surface area (Å²) in [6.45, 7) is 8.91. The van der Waals surface area contributed by atoms with E-state index in [1.165, 1.54) is 21.9 Å². The van der Waals surface area contributed by atoms with E-state index in [9.17, 15) is 0 Å². The molecule has 0 saturated carbocycles. The summed E-state index contributed by atoms with van der Waals surface area (Å²) >= 11 is 0. The predicted octanol–water partition coefficient (Wildman–Crippen LogP) is 4.96. The maximum atomic E-state index is 3.49. The zero-order chi connectivity index (χ0) is 15.1. The van der Waals surface area contributed by atoms with Crippen LogP contribution in [0.3, 0.4) is 0 Å². The maximum Gasteiger partial charge on any atom is -0.00141 e. The average molecular weight is 281 g/mol. The van der Waals surface area contributed by atoms with Gasteiger partial charge >= 0.3 is 0 Å². The Labute approximate surface area is 129 Å². The van der Waals surface area contributed by atoms with Crippen molar-refractivity contribution in [3.05, 3.63) is 59.7 Å². The van der Waals surface area contributed by atoms with Gasteiger partial charge in [-0.2, -0.15) is 0 Å². The lowest BCUT2D eigenvalue weighted by Gasteiger charge is -2.08. The van der Waals surface area contributed by atoms with Gasteiger partial charge in [-0.3, -0.25) is 0 Å². The third-order valence-corrected chi connectivity index (χ3v) is 3.72. The molecular weight excluding hydrogens is 254 g/mol. The first kappa shape index (κ1) is 15.8. The number of allylic oxidation sites excluding steroid dienone is 1. The summed E-state index contributed by atoms with van der Waals surface area (Å²) in [4.78, 5) is 0. The van der Waals surface area contributed by atoms with Gasteiger partial charge in [0.15, 0.2) is 0 Å². The van der Waals surface area contributed by atoms with Crippen LogP contribution in [0, 0.1) is 5.92 Å². The molecule has 0 aliphatic carbocycles. The van der Waals surface area contributed by atoms with Crippen LogP contribution in [0.5, 0.6) is 0 Å². The highest BCUT2D eigenvalue weighted by Gasteiger charge is 2.01. The molecule has 1 nitrogen and oxygen atoms in total. The second kappa shape index (κ2) is 7.99. The molecule has 2 aromatic rings. The molecule has 0 atom stereocenters. The fourth-order valence-corrected chi connectivity index (χ4v) is 2.63. The normalized spacial score (nSPS) is 12.3. The monoisotopic (exact) mass is 281 g/mol. The number of rotatable bonds is 7. The molecule has 0 bridgehead atoms. The quantitative estimate of drug-likeness (QED) is 0.558. The smallest absolute Gasteiger partial charge is 0.00141 e. The average Bonchev–Trinajstić information content (AvgIpc) is 2.47. The predicted molar refractivity (Wildman–Crippen MR) is 93.7 cm³/mol. The Kier molecular flexibility index (Phi) is 6.01. The summed E-state index contributed by atoms with van der Waals surface area (Å²) in [6.07, 6.45) is 4.53. The van der Waals surface area contributed by atoms with Gasteiger partial charge < -0.3 is 5.32 Å². The van der Waals surface area contributed by atoms with Gasteiger partial charge in [-0.15, -0.1) is 0 Å². The summed E-state index contributed by atoms with van der Waals surface area (Å²) in [5.74, 6) is 0.728. The highest BCUT2D eigenvalue weighted by atomic mass is 14.8. The number of hydrogen-bond acceptors (Lipinski definition) is 1. The first-order valence-corrected chi connectivity index (χ1v) is 8.00. The fourth-order valence-electron chi connectivity index (χ4n) is 2.63. The van der Waals surface area contributed by atoms with Gasteiger partial charge in [0.2, 0.25) is 0 Å². The van der Waals surface area contributed by atoms with Crippen molar-refractivity contribution in [1.82, 2.24) is 5.32 Å². The molecular formula is C20H27N. The molecule has 0 heterocycles. The zero-order valence-corrected chi connectivity index (χ0v) is 13.5. The molecule has 0 radical (unpaired) electrons. The summed E-state index contributed by atoms with van der Waals surface area (Å²) in [5, 5.41) is 6.20. The van der Waals surface area contributed by atoms with E-state index in [1.807, 2.05) is 0 Å².